The SMILES string of the molecule is CC1=CC(N)C2CC1C2(C)C. The maximum atomic E-state index is 6.01. The first-order valence-corrected chi connectivity index (χ1v) is 4.47. The van der Waals surface area contributed by atoms with Crippen LogP contribution in [0.3, 0.4) is 0 Å². The Balaban J connectivity index is 2.34. The molecule has 3 rings (SSSR count). The molecule has 2 bridgehead atoms. The second-order valence-corrected chi connectivity index (χ2v) is 4.70. The van der Waals surface area contributed by atoms with Crippen LogP contribution < -0.4 is 5.73 Å². The lowest BCUT2D eigenvalue weighted by molar-refractivity contribution is -0.0170. The number of rotatable bonds is 0. The topological polar surface area (TPSA) is 26.0 Å². The summed E-state index contributed by atoms with van der Waals surface area (Å²) in [5.74, 6) is 1.57. The van der Waals surface area contributed by atoms with Crippen LogP contribution in [0.25, 0.3) is 0 Å². The highest BCUT2D eigenvalue weighted by Crippen LogP contribution is 2.58. The van der Waals surface area contributed by atoms with Gasteiger partial charge < -0.3 is 5.73 Å². The van der Waals surface area contributed by atoms with E-state index >= 15 is 0 Å². The Morgan fingerprint density at radius 2 is 2.18 bits per heavy atom. The van der Waals surface area contributed by atoms with Crippen molar-refractivity contribution in [3.8, 4) is 0 Å². The molecule has 3 unspecified atom stereocenters. The van der Waals surface area contributed by atoms with Gasteiger partial charge in [0.05, 0.1) is 0 Å². The van der Waals surface area contributed by atoms with Crippen molar-refractivity contribution < 1.29 is 0 Å². The minimum absolute atomic E-state index is 0.329. The van der Waals surface area contributed by atoms with Crippen molar-refractivity contribution in [2.75, 3.05) is 0 Å². The Labute approximate surface area is 68.7 Å². The zero-order valence-electron chi connectivity index (χ0n) is 7.59. The molecule has 0 aromatic carbocycles. The molecule has 0 saturated heterocycles. The van der Waals surface area contributed by atoms with Crippen molar-refractivity contribution in [2.24, 2.45) is 23.0 Å². The van der Waals surface area contributed by atoms with E-state index in [-0.39, 0.29) is 0 Å². The largest absolute Gasteiger partial charge is 0.324 e. The van der Waals surface area contributed by atoms with Gasteiger partial charge in [0.1, 0.15) is 0 Å². The summed E-state index contributed by atoms with van der Waals surface area (Å²) in [7, 11) is 0. The standard InChI is InChI=1S/C10H17N/c1-6-4-9(11)8-5-7(6)10(8,2)3/h4,7-9H,5,11H2,1-3H3. The molecule has 1 saturated carbocycles. The molecule has 3 aliphatic rings. The Bertz CT molecular complexity index is 215. The molecule has 0 spiro atoms. The Morgan fingerprint density at radius 1 is 1.55 bits per heavy atom. The van der Waals surface area contributed by atoms with Crippen LogP contribution in [0.1, 0.15) is 27.2 Å². The summed E-state index contributed by atoms with van der Waals surface area (Å²) in [5, 5.41) is 0. The molecule has 11 heavy (non-hydrogen) atoms. The zero-order valence-corrected chi connectivity index (χ0v) is 7.59. The van der Waals surface area contributed by atoms with Gasteiger partial charge in [-0.15, -0.1) is 0 Å². The Morgan fingerprint density at radius 3 is 2.55 bits per heavy atom. The van der Waals surface area contributed by atoms with Crippen LogP contribution >= 0.6 is 0 Å². The Kier molecular flexibility index (Phi) is 1.26. The number of allylic oxidation sites excluding steroid dienone is 1. The van der Waals surface area contributed by atoms with Crippen LogP contribution in [0.5, 0.6) is 0 Å². The molecular formula is C10H17N. The molecule has 1 nitrogen and oxygen atoms in total. The first kappa shape index (κ1) is 7.35. The summed E-state index contributed by atoms with van der Waals surface area (Å²) in [4.78, 5) is 0. The van der Waals surface area contributed by atoms with Crippen molar-refractivity contribution in [1.29, 1.82) is 0 Å². The molecule has 0 aliphatic heterocycles. The van der Waals surface area contributed by atoms with Crippen LogP contribution in [0, 0.1) is 17.3 Å². The predicted molar refractivity (Wildman–Crippen MR) is 47.1 cm³/mol. The molecule has 0 aromatic heterocycles. The van der Waals surface area contributed by atoms with Gasteiger partial charge in [0, 0.05) is 6.04 Å². The van der Waals surface area contributed by atoms with Crippen molar-refractivity contribution in [1.82, 2.24) is 0 Å². The summed E-state index contributed by atoms with van der Waals surface area (Å²) in [6.45, 7) is 6.92. The van der Waals surface area contributed by atoms with Gasteiger partial charge in [-0.25, -0.2) is 0 Å². The van der Waals surface area contributed by atoms with Gasteiger partial charge in [0.25, 0.3) is 0 Å². The van der Waals surface area contributed by atoms with Gasteiger partial charge in [0.15, 0.2) is 0 Å². The van der Waals surface area contributed by atoms with Crippen molar-refractivity contribution in [3.63, 3.8) is 0 Å². The van der Waals surface area contributed by atoms with Gasteiger partial charge in [-0.05, 0) is 30.6 Å². The molecule has 1 heteroatoms. The number of hydrogen-bond acceptors (Lipinski definition) is 1. The van der Waals surface area contributed by atoms with E-state index in [0.29, 0.717) is 11.5 Å². The first-order valence-electron chi connectivity index (χ1n) is 4.47. The molecule has 2 N–H and O–H groups in total. The summed E-state index contributed by atoms with van der Waals surface area (Å²) in [5.41, 5.74) is 8.01. The fourth-order valence-corrected chi connectivity index (χ4v) is 2.92. The third kappa shape index (κ3) is 0.750. The van der Waals surface area contributed by atoms with E-state index in [1.165, 1.54) is 12.0 Å². The molecular weight excluding hydrogens is 134 g/mol. The van der Waals surface area contributed by atoms with E-state index in [2.05, 4.69) is 26.8 Å². The first-order chi connectivity index (χ1) is 5.03. The monoisotopic (exact) mass is 151 g/mol. The quantitative estimate of drug-likeness (QED) is 0.526. The van der Waals surface area contributed by atoms with Crippen LogP contribution in [0.4, 0.5) is 0 Å². The molecule has 0 aromatic rings. The van der Waals surface area contributed by atoms with Gasteiger partial charge in [-0.3, -0.25) is 0 Å². The highest BCUT2D eigenvalue weighted by Gasteiger charge is 2.53. The zero-order chi connectivity index (χ0) is 8.22. The second-order valence-electron chi connectivity index (χ2n) is 4.70. The molecule has 0 amide bonds. The smallest absolute Gasteiger partial charge is 0.0260 e. The van der Waals surface area contributed by atoms with Gasteiger partial charge in [-0.1, -0.05) is 25.5 Å². The van der Waals surface area contributed by atoms with Gasteiger partial charge in [0.2, 0.25) is 0 Å². The molecule has 62 valence electrons. The third-order valence-corrected chi connectivity index (χ3v) is 3.81. The van der Waals surface area contributed by atoms with E-state index < -0.39 is 0 Å². The van der Waals surface area contributed by atoms with Crippen molar-refractivity contribution in [2.45, 2.75) is 33.2 Å². The molecule has 0 heterocycles. The van der Waals surface area contributed by atoms with E-state index in [0.717, 1.165) is 11.8 Å². The second kappa shape index (κ2) is 1.89. The maximum Gasteiger partial charge on any atom is 0.0260 e. The summed E-state index contributed by atoms with van der Waals surface area (Å²) >= 11 is 0. The van der Waals surface area contributed by atoms with Crippen LogP contribution in [-0.2, 0) is 0 Å². The van der Waals surface area contributed by atoms with Gasteiger partial charge >= 0.3 is 0 Å². The average molecular weight is 151 g/mol. The number of fused-ring (bicyclic) bond motifs is 1. The fourth-order valence-electron chi connectivity index (χ4n) is 2.92. The van der Waals surface area contributed by atoms with Gasteiger partial charge in [-0.2, -0.15) is 0 Å². The fraction of sp³-hybridized carbons (Fsp3) is 0.800. The predicted octanol–water partition coefficient (Wildman–Crippen LogP) is 1.94. The average Bonchev–Trinajstić information content (AvgIpc) is 1.84. The summed E-state index contributed by atoms with van der Waals surface area (Å²) in [6, 6.07) is 0.329. The number of hydrogen-bond donors (Lipinski definition) is 1. The van der Waals surface area contributed by atoms with Crippen LogP contribution in [0.2, 0.25) is 0 Å². The van der Waals surface area contributed by atoms with E-state index in [1.807, 2.05) is 0 Å². The van der Waals surface area contributed by atoms with Crippen LogP contribution in [-0.4, -0.2) is 6.04 Å². The van der Waals surface area contributed by atoms with Crippen molar-refractivity contribution in [3.05, 3.63) is 11.6 Å². The molecule has 3 atom stereocenters. The molecule has 0 radical (unpaired) electrons. The minimum atomic E-state index is 0.329. The lowest BCUT2D eigenvalue weighted by Gasteiger charge is -2.58. The van der Waals surface area contributed by atoms with Crippen LogP contribution in [0.15, 0.2) is 11.6 Å². The van der Waals surface area contributed by atoms with E-state index in [4.69, 9.17) is 5.73 Å². The Hall–Kier alpha value is -0.300. The summed E-state index contributed by atoms with van der Waals surface area (Å²) in [6.07, 6.45) is 3.58. The minimum Gasteiger partial charge on any atom is -0.324 e. The lowest BCUT2D eigenvalue weighted by Crippen LogP contribution is -2.56. The normalized spacial score (nSPS) is 46.2. The summed E-state index contributed by atoms with van der Waals surface area (Å²) < 4.78 is 0. The molecule has 1 fully saturated rings. The van der Waals surface area contributed by atoms with E-state index in [1.54, 1.807) is 0 Å². The highest BCUT2D eigenvalue weighted by atomic mass is 14.7. The number of nitrogens with two attached hydrogens (primary N) is 1. The molecule has 3 aliphatic carbocycles. The maximum absolute atomic E-state index is 6.01. The lowest BCUT2D eigenvalue weighted by atomic mass is 9.48. The highest BCUT2D eigenvalue weighted by molar-refractivity contribution is 5.25. The van der Waals surface area contributed by atoms with E-state index in [9.17, 15) is 0 Å². The third-order valence-electron chi connectivity index (χ3n) is 3.81. The van der Waals surface area contributed by atoms with Crippen molar-refractivity contribution >= 4 is 0 Å².